The van der Waals surface area contributed by atoms with E-state index in [0.717, 1.165) is 0 Å². The second-order valence-electron chi connectivity index (χ2n) is 3.28. The molecule has 0 aromatic heterocycles. The number of hydrogen-bond donors (Lipinski definition) is 0. The lowest BCUT2D eigenvalue weighted by molar-refractivity contribution is -0.142. The summed E-state index contributed by atoms with van der Waals surface area (Å²) in [6.45, 7) is 1.96. The van der Waals surface area contributed by atoms with Crippen LogP contribution in [0.15, 0.2) is 12.1 Å². The first kappa shape index (κ1) is 13.3. The molecule has 0 unspecified atom stereocenters. The zero-order valence-electron chi connectivity index (χ0n) is 10.1. The van der Waals surface area contributed by atoms with Crippen molar-refractivity contribution in [2.24, 2.45) is 0 Å². The molecule has 0 fully saturated rings. The normalized spacial score (nSPS) is 9.88. The van der Waals surface area contributed by atoms with Crippen molar-refractivity contribution in [3.63, 3.8) is 0 Å². The van der Waals surface area contributed by atoms with E-state index in [0.29, 0.717) is 5.75 Å². The average molecular weight is 242 g/mol. The number of esters is 1. The van der Waals surface area contributed by atoms with Gasteiger partial charge in [0.2, 0.25) is 0 Å². The molecule has 1 aromatic rings. The molecule has 17 heavy (non-hydrogen) atoms. The Bertz CT molecular complexity index is 404. The highest BCUT2D eigenvalue weighted by Crippen LogP contribution is 2.27. The Hall–Kier alpha value is -1.78. The van der Waals surface area contributed by atoms with Crippen LogP contribution in [0.2, 0.25) is 0 Å². The molecule has 0 aliphatic rings. The topological polar surface area (TPSA) is 44.8 Å². The van der Waals surface area contributed by atoms with Crippen LogP contribution in [0.1, 0.15) is 12.5 Å². The molecule has 1 aromatic carbocycles. The number of carbonyl (C=O) groups is 1. The van der Waals surface area contributed by atoms with Gasteiger partial charge in [-0.15, -0.1) is 0 Å². The number of rotatable bonds is 5. The lowest BCUT2D eigenvalue weighted by Gasteiger charge is -2.10. The van der Waals surface area contributed by atoms with Crippen LogP contribution < -0.4 is 9.47 Å². The van der Waals surface area contributed by atoms with Crippen molar-refractivity contribution in [1.82, 2.24) is 0 Å². The molecule has 0 amide bonds. The minimum Gasteiger partial charge on any atom is -0.497 e. The van der Waals surface area contributed by atoms with Crippen molar-refractivity contribution in [1.29, 1.82) is 0 Å². The van der Waals surface area contributed by atoms with Crippen LogP contribution >= 0.6 is 0 Å². The summed E-state index contributed by atoms with van der Waals surface area (Å²) in [6, 6.07) is 2.87. The quantitative estimate of drug-likeness (QED) is 0.740. The SMILES string of the molecule is CCOC(=O)Cc1cc(OC)cc(OC)c1F. The van der Waals surface area contributed by atoms with Crippen molar-refractivity contribution >= 4 is 5.97 Å². The first-order chi connectivity index (χ1) is 8.12. The van der Waals surface area contributed by atoms with E-state index in [1.807, 2.05) is 0 Å². The maximum absolute atomic E-state index is 13.8. The monoisotopic (exact) mass is 242 g/mol. The van der Waals surface area contributed by atoms with Gasteiger partial charge in [0.05, 0.1) is 27.2 Å². The molecular formula is C12H15FO4. The second kappa shape index (κ2) is 6.08. The van der Waals surface area contributed by atoms with Crippen molar-refractivity contribution in [3.8, 4) is 11.5 Å². The molecule has 0 aliphatic carbocycles. The van der Waals surface area contributed by atoms with Gasteiger partial charge in [-0.25, -0.2) is 4.39 Å². The molecule has 1 rings (SSSR count). The maximum atomic E-state index is 13.8. The molecule has 0 saturated carbocycles. The van der Waals surface area contributed by atoms with Gasteiger partial charge in [0.1, 0.15) is 5.75 Å². The molecule has 4 nitrogen and oxygen atoms in total. The number of carbonyl (C=O) groups excluding carboxylic acids is 1. The molecule has 0 heterocycles. The third kappa shape index (κ3) is 3.34. The third-order valence-electron chi connectivity index (χ3n) is 2.18. The second-order valence-corrected chi connectivity index (χ2v) is 3.28. The summed E-state index contributed by atoms with van der Waals surface area (Å²) in [5, 5.41) is 0. The minimum absolute atomic E-state index is 0.0450. The fraction of sp³-hybridized carbons (Fsp3) is 0.417. The fourth-order valence-electron chi connectivity index (χ4n) is 1.39. The van der Waals surface area contributed by atoms with Gasteiger partial charge in [-0.3, -0.25) is 4.79 Å². The molecular weight excluding hydrogens is 227 g/mol. The summed E-state index contributed by atoms with van der Waals surface area (Å²) in [5.74, 6) is -0.575. The lowest BCUT2D eigenvalue weighted by Crippen LogP contribution is -2.09. The fourth-order valence-corrected chi connectivity index (χ4v) is 1.39. The average Bonchev–Trinajstić information content (AvgIpc) is 2.32. The van der Waals surface area contributed by atoms with Crippen LogP contribution in [-0.4, -0.2) is 26.8 Å². The highest BCUT2D eigenvalue weighted by atomic mass is 19.1. The van der Waals surface area contributed by atoms with Crippen LogP contribution in [0.4, 0.5) is 4.39 Å². The van der Waals surface area contributed by atoms with E-state index in [2.05, 4.69) is 0 Å². The largest absolute Gasteiger partial charge is 0.497 e. The van der Waals surface area contributed by atoms with Gasteiger partial charge in [0.25, 0.3) is 0 Å². The molecule has 5 heteroatoms. The standard InChI is InChI=1S/C12H15FO4/c1-4-17-11(14)6-8-5-9(15-2)7-10(16-3)12(8)13/h5,7H,4,6H2,1-3H3. The molecule has 0 atom stereocenters. The van der Waals surface area contributed by atoms with E-state index in [1.165, 1.54) is 26.4 Å². The zero-order valence-corrected chi connectivity index (χ0v) is 10.1. The summed E-state index contributed by atoms with van der Waals surface area (Å²) in [7, 11) is 2.81. The van der Waals surface area contributed by atoms with Crippen LogP contribution in [0.25, 0.3) is 0 Å². The van der Waals surface area contributed by atoms with Crippen molar-refractivity contribution in [3.05, 3.63) is 23.5 Å². The molecule has 0 radical (unpaired) electrons. The maximum Gasteiger partial charge on any atom is 0.310 e. The molecule has 0 bridgehead atoms. The number of benzene rings is 1. The summed E-state index contributed by atoms with van der Waals surface area (Å²) in [6.07, 6.45) is -0.146. The Morgan fingerprint density at radius 2 is 2.00 bits per heavy atom. The number of ether oxygens (including phenoxy) is 3. The highest BCUT2D eigenvalue weighted by Gasteiger charge is 2.15. The highest BCUT2D eigenvalue weighted by molar-refractivity contribution is 5.73. The lowest BCUT2D eigenvalue weighted by atomic mass is 10.1. The van der Waals surface area contributed by atoms with Crippen molar-refractivity contribution in [2.45, 2.75) is 13.3 Å². The zero-order chi connectivity index (χ0) is 12.8. The number of methoxy groups -OCH3 is 2. The summed E-state index contributed by atoms with van der Waals surface area (Å²) in [5.41, 5.74) is 0.194. The Kier molecular flexibility index (Phi) is 4.75. The van der Waals surface area contributed by atoms with Crippen molar-refractivity contribution < 1.29 is 23.4 Å². The Morgan fingerprint density at radius 3 is 2.53 bits per heavy atom. The Balaban J connectivity index is 3.00. The number of halogens is 1. The van der Waals surface area contributed by atoms with Crippen LogP contribution in [0.3, 0.4) is 0 Å². The van der Waals surface area contributed by atoms with Gasteiger partial charge in [-0.2, -0.15) is 0 Å². The number of hydrogen-bond acceptors (Lipinski definition) is 4. The predicted octanol–water partition coefficient (Wildman–Crippen LogP) is 1.95. The van der Waals surface area contributed by atoms with Crippen LogP contribution in [0, 0.1) is 5.82 Å². The summed E-state index contributed by atoms with van der Waals surface area (Å²) >= 11 is 0. The first-order valence-electron chi connectivity index (χ1n) is 5.18. The van der Waals surface area contributed by atoms with Gasteiger partial charge in [0, 0.05) is 11.6 Å². The van der Waals surface area contributed by atoms with Gasteiger partial charge in [-0.05, 0) is 13.0 Å². The predicted molar refractivity (Wildman–Crippen MR) is 59.8 cm³/mol. The van der Waals surface area contributed by atoms with E-state index in [1.54, 1.807) is 6.92 Å². The molecule has 0 aliphatic heterocycles. The molecule has 0 spiro atoms. The third-order valence-corrected chi connectivity index (χ3v) is 2.18. The Labute approximate surface area is 99.3 Å². The summed E-state index contributed by atoms with van der Waals surface area (Å²) < 4.78 is 28.4. The van der Waals surface area contributed by atoms with E-state index >= 15 is 0 Å². The van der Waals surface area contributed by atoms with Gasteiger partial charge in [-0.1, -0.05) is 0 Å². The smallest absolute Gasteiger partial charge is 0.310 e. The van der Waals surface area contributed by atoms with Crippen LogP contribution in [0.5, 0.6) is 11.5 Å². The summed E-state index contributed by atoms with van der Waals surface area (Å²) in [4.78, 5) is 11.3. The minimum atomic E-state index is -0.568. The van der Waals surface area contributed by atoms with E-state index in [4.69, 9.17) is 14.2 Å². The van der Waals surface area contributed by atoms with E-state index in [-0.39, 0.29) is 24.3 Å². The molecule has 94 valence electrons. The van der Waals surface area contributed by atoms with Crippen molar-refractivity contribution in [2.75, 3.05) is 20.8 Å². The first-order valence-corrected chi connectivity index (χ1v) is 5.18. The van der Waals surface area contributed by atoms with E-state index < -0.39 is 11.8 Å². The van der Waals surface area contributed by atoms with E-state index in [9.17, 15) is 9.18 Å². The van der Waals surface area contributed by atoms with Crippen LogP contribution in [-0.2, 0) is 16.0 Å². The molecule has 0 saturated heterocycles. The van der Waals surface area contributed by atoms with Gasteiger partial charge < -0.3 is 14.2 Å². The Morgan fingerprint density at radius 1 is 1.29 bits per heavy atom. The molecule has 0 N–H and O–H groups in total. The van der Waals surface area contributed by atoms with Gasteiger partial charge >= 0.3 is 5.97 Å². The van der Waals surface area contributed by atoms with Gasteiger partial charge in [0.15, 0.2) is 11.6 Å².